The minimum Gasteiger partial charge on any atom is -0.151 e. The van der Waals surface area contributed by atoms with Crippen LogP contribution in [0.4, 0.5) is 0 Å². The highest BCUT2D eigenvalue weighted by atomic mass is 79.9. The van der Waals surface area contributed by atoms with E-state index in [1.165, 1.54) is 8.95 Å². The van der Waals surface area contributed by atoms with Crippen molar-refractivity contribution in [3.63, 3.8) is 0 Å². The average Bonchev–Trinajstić information content (AvgIpc) is 2.63. The molecule has 0 aliphatic carbocycles. The lowest BCUT2D eigenvalue weighted by Crippen LogP contribution is -1.34. The highest BCUT2D eigenvalue weighted by Crippen LogP contribution is 2.12. The van der Waals surface area contributed by atoms with Gasteiger partial charge in [0.15, 0.2) is 0 Å². The molecule has 2 rings (SSSR count). The van der Waals surface area contributed by atoms with Gasteiger partial charge >= 0.3 is 0 Å². The smallest absolute Gasteiger partial charge is 0.0282 e. The van der Waals surface area contributed by atoms with Crippen molar-refractivity contribution in [1.82, 2.24) is 0 Å². The molecule has 0 aromatic carbocycles. The average molecular weight is 326 g/mol. The van der Waals surface area contributed by atoms with E-state index in [4.69, 9.17) is 0 Å². The first-order valence-corrected chi connectivity index (χ1v) is 6.61. The van der Waals surface area contributed by atoms with E-state index in [-0.39, 0.29) is 0 Å². The van der Waals surface area contributed by atoms with E-state index in [1.54, 1.807) is 22.7 Å². The van der Waals surface area contributed by atoms with Crippen LogP contribution in [0.3, 0.4) is 0 Å². The number of thiophene rings is 2. The highest BCUT2D eigenvalue weighted by molar-refractivity contribution is 9.10. The van der Waals surface area contributed by atoms with E-state index in [2.05, 4.69) is 31.9 Å². The maximum Gasteiger partial charge on any atom is 0.0282 e. The van der Waals surface area contributed by atoms with Crippen LogP contribution in [0.5, 0.6) is 0 Å². The summed E-state index contributed by atoms with van der Waals surface area (Å²) in [4.78, 5) is 0. The molecule has 0 nitrogen and oxygen atoms in total. The molecule has 2 heterocycles. The molecule has 0 N–H and O–H groups in total. The predicted molar refractivity (Wildman–Crippen MR) is 64.0 cm³/mol. The Hall–Kier alpha value is 0.360. The second-order valence-electron chi connectivity index (χ2n) is 1.88. The molecule has 0 radical (unpaired) electrons. The van der Waals surface area contributed by atoms with Gasteiger partial charge in [-0.25, -0.2) is 0 Å². The summed E-state index contributed by atoms with van der Waals surface area (Å²) in [6.45, 7) is 0. The summed E-state index contributed by atoms with van der Waals surface area (Å²) < 4.78 is 2.35. The molecular formula is C8H6Br2S2. The van der Waals surface area contributed by atoms with Crippen molar-refractivity contribution >= 4 is 54.5 Å². The first-order chi connectivity index (χ1) is 5.79. The zero-order chi connectivity index (χ0) is 8.81. The molecule has 0 aliphatic heterocycles. The van der Waals surface area contributed by atoms with Crippen molar-refractivity contribution in [2.45, 2.75) is 0 Å². The Bertz CT molecular complexity index is 254. The molecule has 0 unspecified atom stereocenters. The number of halogens is 2. The van der Waals surface area contributed by atoms with Gasteiger partial charge in [0, 0.05) is 19.7 Å². The lowest BCUT2D eigenvalue weighted by molar-refractivity contribution is 1.90. The zero-order valence-electron chi connectivity index (χ0n) is 6.04. The van der Waals surface area contributed by atoms with Gasteiger partial charge in [-0.05, 0) is 54.8 Å². The fraction of sp³-hybridized carbons (Fsp3) is 0. The normalized spacial score (nSPS) is 8.83. The molecule has 64 valence electrons. The quantitative estimate of drug-likeness (QED) is 0.638. The zero-order valence-corrected chi connectivity index (χ0v) is 10.8. The van der Waals surface area contributed by atoms with E-state index in [9.17, 15) is 0 Å². The number of rotatable bonds is 0. The second kappa shape index (κ2) is 5.91. The van der Waals surface area contributed by atoms with Crippen molar-refractivity contribution < 1.29 is 0 Å². The summed E-state index contributed by atoms with van der Waals surface area (Å²) in [5.41, 5.74) is 0. The maximum absolute atomic E-state index is 3.29. The minimum atomic E-state index is 1.17. The van der Waals surface area contributed by atoms with Crippen molar-refractivity contribution in [2.75, 3.05) is 0 Å². The Morgan fingerprint density at radius 1 is 0.833 bits per heavy atom. The SMILES string of the molecule is Brc1ccsc1.Brc1ccsc1. The van der Waals surface area contributed by atoms with Gasteiger partial charge in [0.1, 0.15) is 0 Å². The highest BCUT2D eigenvalue weighted by Gasteiger charge is 1.77. The summed E-state index contributed by atoms with van der Waals surface area (Å²) in [7, 11) is 0. The van der Waals surface area contributed by atoms with Gasteiger partial charge in [-0.15, -0.1) is 0 Å². The molecule has 2 aromatic heterocycles. The topological polar surface area (TPSA) is 0 Å². The van der Waals surface area contributed by atoms with Crippen LogP contribution in [0, 0.1) is 0 Å². The van der Waals surface area contributed by atoms with Crippen molar-refractivity contribution in [1.29, 1.82) is 0 Å². The van der Waals surface area contributed by atoms with Gasteiger partial charge in [-0.3, -0.25) is 0 Å². The third-order valence-electron chi connectivity index (χ3n) is 0.973. The van der Waals surface area contributed by atoms with E-state index in [1.807, 2.05) is 33.7 Å². The Kier molecular flexibility index (Phi) is 5.14. The summed E-state index contributed by atoms with van der Waals surface area (Å²) in [5.74, 6) is 0. The Balaban J connectivity index is 0.000000120. The summed E-state index contributed by atoms with van der Waals surface area (Å²) in [6.07, 6.45) is 0. The standard InChI is InChI=1S/2C4H3BrS/c2*5-4-1-2-6-3-4/h2*1-3H. The first-order valence-electron chi connectivity index (χ1n) is 3.14. The summed E-state index contributed by atoms with van der Waals surface area (Å²) >= 11 is 9.97. The first kappa shape index (κ1) is 10.4. The molecule has 0 saturated heterocycles. The molecule has 0 saturated carbocycles. The maximum atomic E-state index is 3.29. The van der Waals surface area contributed by atoms with E-state index >= 15 is 0 Å². The minimum absolute atomic E-state index is 1.17. The lowest BCUT2D eigenvalue weighted by atomic mass is 10.7. The molecule has 0 aliphatic rings. The van der Waals surface area contributed by atoms with Crippen LogP contribution in [0.25, 0.3) is 0 Å². The summed E-state index contributed by atoms with van der Waals surface area (Å²) in [5, 5.41) is 8.15. The Morgan fingerprint density at radius 2 is 1.25 bits per heavy atom. The third-order valence-corrected chi connectivity index (χ3v) is 3.93. The lowest BCUT2D eigenvalue weighted by Gasteiger charge is -1.62. The molecule has 2 aromatic rings. The van der Waals surface area contributed by atoms with E-state index < -0.39 is 0 Å². The van der Waals surface area contributed by atoms with Gasteiger partial charge in [0.2, 0.25) is 0 Å². The fourth-order valence-corrected chi connectivity index (χ4v) is 2.78. The third kappa shape index (κ3) is 4.40. The van der Waals surface area contributed by atoms with Crippen LogP contribution >= 0.6 is 54.5 Å². The van der Waals surface area contributed by atoms with Gasteiger partial charge in [0.25, 0.3) is 0 Å². The predicted octanol–water partition coefficient (Wildman–Crippen LogP) is 5.02. The van der Waals surface area contributed by atoms with Crippen LogP contribution < -0.4 is 0 Å². The molecular weight excluding hydrogens is 320 g/mol. The second-order valence-corrected chi connectivity index (χ2v) is 5.27. The van der Waals surface area contributed by atoms with E-state index in [0.29, 0.717) is 0 Å². The Morgan fingerprint density at radius 3 is 1.33 bits per heavy atom. The molecule has 0 fully saturated rings. The van der Waals surface area contributed by atoms with Gasteiger partial charge in [0.05, 0.1) is 0 Å². The fourth-order valence-electron chi connectivity index (χ4n) is 0.496. The molecule has 0 spiro atoms. The van der Waals surface area contributed by atoms with Gasteiger partial charge in [-0.1, -0.05) is 0 Å². The van der Waals surface area contributed by atoms with E-state index in [0.717, 1.165) is 0 Å². The van der Waals surface area contributed by atoms with Crippen LogP contribution in [-0.2, 0) is 0 Å². The number of hydrogen-bond donors (Lipinski definition) is 0. The van der Waals surface area contributed by atoms with Crippen molar-refractivity contribution in [3.05, 3.63) is 42.6 Å². The van der Waals surface area contributed by atoms with Crippen LogP contribution in [0.15, 0.2) is 42.6 Å². The Labute approximate surface area is 96.5 Å². The van der Waals surface area contributed by atoms with Crippen LogP contribution in [0.1, 0.15) is 0 Å². The monoisotopic (exact) mass is 324 g/mol. The van der Waals surface area contributed by atoms with Gasteiger partial charge in [-0.2, -0.15) is 22.7 Å². The molecule has 0 amide bonds. The largest absolute Gasteiger partial charge is 0.151 e. The number of hydrogen-bond acceptors (Lipinski definition) is 2. The van der Waals surface area contributed by atoms with Crippen LogP contribution in [-0.4, -0.2) is 0 Å². The van der Waals surface area contributed by atoms with Crippen molar-refractivity contribution in [3.8, 4) is 0 Å². The molecule has 0 bridgehead atoms. The summed E-state index contributed by atoms with van der Waals surface area (Å²) in [6, 6.07) is 4.04. The molecule has 4 heteroatoms. The molecule has 0 atom stereocenters. The molecule has 12 heavy (non-hydrogen) atoms. The van der Waals surface area contributed by atoms with Crippen LogP contribution in [0.2, 0.25) is 0 Å². The van der Waals surface area contributed by atoms with Crippen molar-refractivity contribution in [2.24, 2.45) is 0 Å². The van der Waals surface area contributed by atoms with Gasteiger partial charge < -0.3 is 0 Å².